The second-order valence-corrected chi connectivity index (χ2v) is 6.83. The van der Waals surface area contributed by atoms with Crippen LogP contribution in [-0.2, 0) is 24.8 Å². The number of nitrogens with zero attached hydrogens (tertiary/aromatic N) is 3. The molecule has 0 saturated carbocycles. The predicted octanol–water partition coefficient (Wildman–Crippen LogP) is 3.45. The van der Waals surface area contributed by atoms with E-state index in [-0.39, 0.29) is 5.41 Å². The van der Waals surface area contributed by atoms with Gasteiger partial charge in [0.05, 0.1) is 5.69 Å². The average Bonchev–Trinajstić information content (AvgIpc) is 2.87. The topological polar surface area (TPSA) is 47.8 Å². The fourth-order valence-electron chi connectivity index (χ4n) is 2.72. The van der Waals surface area contributed by atoms with E-state index in [0.717, 1.165) is 54.0 Å². The lowest BCUT2D eigenvalue weighted by atomic mass is 9.89. The molecule has 0 fully saturated rings. The third-order valence-corrected chi connectivity index (χ3v) is 4.20. The van der Waals surface area contributed by atoms with Crippen molar-refractivity contribution in [3.05, 3.63) is 10.5 Å². The van der Waals surface area contributed by atoms with Crippen molar-refractivity contribution < 1.29 is 4.74 Å². The quantitative estimate of drug-likeness (QED) is 0.797. The monoisotopic (exact) mass is 310 g/mol. The van der Waals surface area contributed by atoms with Crippen LogP contribution in [0.4, 0.5) is 0 Å². The minimum absolute atomic E-state index is 0.124. The Morgan fingerprint density at radius 2 is 2.10 bits per heavy atom. The minimum Gasteiger partial charge on any atom is -0.385 e. The van der Waals surface area contributed by atoms with Crippen molar-refractivity contribution in [1.82, 2.24) is 19.3 Å². The highest BCUT2D eigenvalue weighted by atomic mass is 32.1. The summed E-state index contributed by atoms with van der Waals surface area (Å²) in [5.74, 6) is 0. The zero-order chi connectivity index (χ0) is 15.6. The second-order valence-electron chi connectivity index (χ2n) is 6.44. The van der Waals surface area contributed by atoms with Gasteiger partial charge in [0.1, 0.15) is 5.52 Å². The number of aromatic amines is 1. The summed E-state index contributed by atoms with van der Waals surface area (Å²) in [5, 5.41) is 4.63. The average molecular weight is 310 g/mol. The lowest BCUT2D eigenvalue weighted by Crippen LogP contribution is -2.22. The first-order chi connectivity index (χ1) is 9.89. The number of H-pyrrole nitrogens is 1. The molecule has 2 aromatic rings. The van der Waals surface area contributed by atoms with Crippen molar-refractivity contribution in [2.24, 2.45) is 12.5 Å². The van der Waals surface area contributed by atoms with E-state index in [0.29, 0.717) is 0 Å². The van der Waals surface area contributed by atoms with Crippen molar-refractivity contribution in [3.63, 3.8) is 0 Å². The second kappa shape index (κ2) is 6.32. The lowest BCUT2D eigenvalue weighted by molar-refractivity contribution is 0.143. The number of methoxy groups -OCH3 is 1. The number of aromatic nitrogens is 4. The summed E-state index contributed by atoms with van der Waals surface area (Å²) >= 11 is 5.53. The highest BCUT2D eigenvalue weighted by Gasteiger charge is 2.22. The zero-order valence-corrected chi connectivity index (χ0v) is 14.5. The van der Waals surface area contributed by atoms with Gasteiger partial charge < -0.3 is 14.3 Å². The third kappa shape index (κ3) is 3.37. The summed E-state index contributed by atoms with van der Waals surface area (Å²) < 4.78 is 10.1. The van der Waals surface area contributed by atoms with Gasteiger partial charge in [0.25, 0.3) is 0 Å². The van der Waals surface area contributed by atoms with Crippen LogP contribution in [0.15, 0.2) is 0 Å². The van der Waals surface area contributed by atoms with E-state index in [1.807, 2.05) is 11.7 Å². The number of hydrogen-bond donors (Lipinski definition) is 1. The Balaban J connectivity index is 2.40. The van der Waals surface area contributed by atoms with Gasteiger partial charge in [-0.05, 0) is 30.5 Å². The largest absolute Gasteiger partial charge is 0.385 e. The van der Waals surface area contributed by atoms with Gasteiger partial charge in [0, 0.05) is 27.3 Å². The number of aryl methyl sites for hydroxylation is 2. The molecule has 5 nitrogen and oxygen atoms in total. The fraction of sp³-hybridized carbons (Fsp3) is 0.733. The van der Waals surface area contributed by atoms with Gasteiger partial charge in [-0.1, -0.05) is 27.2 Å². The summed E-state index contributed by atoms with van der Waals surface area (Å²) in [4.78, 5) is 3.34. The molecule has 0 bridgehead atoms. The minimum atomic E-state index is 0.124. The van der Waals surface area contributed by atoms with Crippen LogP contribution in [0.2, 0.25) is 0 Å². The molecule has 118 valence electrons. The van der Waals surface area contributed by atoms with Crippen molar-refractivity contribution in [2.75, 3.05) is 13.7 Å². The van der Waals surface area contributed by atoms with Crippen molar-refractivity contribution in [2.45, 2.75) is 46.6 Å². The molecule has 0 atom stereocenters. The molecule has 0 amide bonds. The molecule has 0 aliphatic carbocycles. The van der Waals surface area contributed by atoms with Gasteiger partial charge in [-0.3, -0.25) is 4.68 Å². The van der Waals surface area contributed by atoms with E-state index in [9.17, 15) is 0 Å². The number of imidazole rings is 1. The summed E-state index contributed by atoms with van der Waals surface area (Å²) in [6.07, 6.45) is 3.05. The number of nitrogens with one attached hydrogen (secondary N) is 1. The maximum absolute atomic E-state index is 5.53. The molecule has 0 radical (unpaired) electrons. The van der Waals surface area contributed by atoms with Crippen LogP contribution in [0, 0.1) is 10.2 Å². The van der Waals surface area contributed by atoms with E-state index < -0.39 is 0 Å². The number of ether oxygens (including phenoxy) is 1. The van der Waals surface area contributed by atoms with E-state index in [1.165, 1.54) is 0 Å². The van der Waals surface area contributed by atoms with Crippen LogP contribution in [0.3, 0.4) is 0 Å². The molecule has 0 aliphatic rings. The predicted molar refractivity (Wildman–Crippen MR) is 88.2 cm³/mol. The van der Waals surface area contributed by atoms with E-state index in [2.05, 4.69) is 35.4 Å². The maximum atomic E-state index is 5.53. The molecular weight excluding hydrogens is 284 g/mol. The first kappa shape index (κ1) is 16.2. The highest BCUT2D eigenvalue weighted by molar-refractivity contribution is 7.71. The van der Waals surface area contributed by atoms with Gasteiger partial charge in [0.15, 0.2) is 10.4 Å². The maximum Gasteiger partial charge on any atom is 0.179 e. The highest BCUT2D eigenvalue weighted by Crippen LogP contribution is 2.27. The Bertz CT molecular complexity index is 665. The summed E-state index contributed by atoms with van der Waals surface area (Å²) in [5.41, 5.74) is 3.41. The van der Waals surface area contributed by atoms with Gasteiger partial charge in [-0.15, -0.1) is 0 Å². The molecule has 2 heterocycles. The molecule has 0 saturated heterocycles. The van der Waals surface area contributed by atoms with Gasteiger partial charge in [0.2, 0.25) is 0 Å². The molecule has 21 heavy (non-hydrogen) atoms. The van der Waals surface area contributed by atoms with Crippen LogP contribution in [0.25, 0.3) is 11.2 Å². The molecular formula is C15H26N4OS. The Morgan fingerprint density at radius 3 is 2.71 bits per heavy atom. The molecule has 0 spiro atoms. The van der Waals surface area contributed by atoms with Crippen LogP contribution in [0.1, 0.15) is 39.3 Å². The Labute approximate surface area is 131 Å². The summed E-state index contributed by atoms with van der Waals surface area (Å²) in [7, 11) is 3.73. The number of rotatable bonds is 7. The van der Waals surface area contributed by atoms with Crippen molar-refractivity contribution in [1.29, 1.82) is 0 Å². The van der Waals surface area contributed by atoms with Crippen LogP contribution in [0.5, 0.6) is 0 Å². The summed E-state index contributed by atoms with van der Waals surface area (Å²) in [6.45, 7) is 8.28. The van der Waals surface area contributed by atoms with E-state index >= 15 is 0 Å². The molecule has 0 aliphatic heterocycles. The number of hydrogen-bond acceptors (Lipinski definition) is 3. The van der Waals surface area contributed by atoms with E-state index in [4.69, 9.17) is 17.0 Å². The van der Waals surface area contributed by atoms with Crippen molar-refractivity contribution >= 4 is 23.4 Å². The van der Waals surface area contributed by atoms with E-state index in [1.54, 1.807) is 7.11 Å². The first-order valence-corrected chi connectivity index (χ1v) is 7.93. The molecule has 2 aromatic heterocycles. The Kier molecular flexibility index (Phi) is 4.88. The normalized spacial score (nSPS) is 12.4. The smallest absolute Gasteiger partial charge is 0.179 e. The standard InChI is InChI=1S/C15H26N4OS/c1-6-7-11-12-13(18(4)17-11)19(14(21)16-12)10-15(2,3)8-9-20-5/h6-10H2,1-5H3,(H,16,21). The fourth-order valence-corrected chi connectivity index (χ4v) is 2.97. The summed E-state index contributed by atoms with van der Waals surface area (Å²) in [6, 6.07) is 0. The molecule has 2 rings (SSSR count). The van der Waals surface area contributed by atoms with Crippen molar-refractivity contribution in [3.8, 4) is 0 Å². The lowest BCUT2D eigenvalue weighted by Gasteiger charge is -2.25. The van der Waals surface area contributed by atoms with Gasteiger partial charge in [-0.25, -0.2) is 0 Å². The molecule has 6 heteroatoms. The van der Waals surface area contributed by atoms with Crippen LogP contribution in [-0.4, -0.2) is 33.0 Å². The van der Waals surface area contributed by atoms with Crippen LogP contribution < -0.4 is 0 Å². The first-order valence-electron chi connectivity index (χ1n) is 7.53. The van der Waals surface area contributed by atoms with Gasteiger partial charge in [-0.2, -0.15) is 5.10 Å². The van der Waals surface area contributed by atoms with Crippen LogP contribution >= 0.6 is 12.2 Å². The molecule has 0 unspecified atom stereocenters. The number of fused-ring (bicyclic) bond motifs is 1. The van der Waals surface area contributed by atoms with Gasteiger partial charge >= 0.3 is 0 Å². The molecule has 1 N–H and O–H groups in total. The molecule has 0 aromatic carbocycles. The zero-order valence-electron chi connectivity index (χ0n) is 13.7. The third-order valence-electron chi connectivity index (χ3n) is 3.88. The SMILES string of the molecule is CCCc1nn(C)c2c1[nH]c(=S)n2CC(C)(C)CCOC. The Hall–Kier alpha value is -1.14. The Morgan fingerprint density at radius 1 is 1.38 bits per heavy atom.